The molecule has 1 aliphatic rings. The van der Waals surface area contributed by atoms with Crippen molar-refractivity contribution in [1.29, 1.82) is 0 Å². The molecule has 1 saturated heterocycles. The fourth-order valence-corrected chi connectivity index (χ4v) is 3.87. The lowest BCUT2D eigenvalue weighted by Crippen LogP contribution is -2.48. The Bertz CT molecular complexity index is 710. The molecule has 2 aromatic rings. The van der Waals surface area contributed by atoms with Gasteiger partial charge in [0.15, 0.2) is 5.82 Å². The molecule has 1 amide bonds. The van der Waals surface area contributed by atoms with Crippen molar-refractivity contribution in [2.45, 2.75) is 50.4 Å². The molecule has 1 aromatic heterocycles. The molecule has 24 heavy (non-hydrogen) atoms. The molecule has 0 unspecified atom stereocenters. The molecule has 2 heterocycles. The number of aromatic nitrogens is 3. The van der Waals surface area contributed by atoms with Crippen molar-refractivity contribution in [3.8, 4) is 11.4 Å². The Kier molecular flexibility index (Phi) is 5.18. The highest BCUT2D eigenvalue weighted by atomic mass is 32.2. The van der Waals surface area contributed by atoms with Crippen LogP contribution in [0.15, 0.2) is 29.4 Å². The fraction of sp³-hybridized carbons (Fsp3) is 0.471. The van der Waals surface area contributed by atoms with Crippen molar-refractivity contribution in [3.05, 3.63) is 30.1 Å². The van der Waals surface area contributed by atoms with Crippen LogP contribution < -0.4 is 0 Å². The summed E-state index contributed by atoms with van der Waals surface area (Å²) in [4.78, 5) is 18.8. The Morgan fingerprint density at radius 1 is 1.33 bits per heavy atom. The van der Waals surface area contributed by atoms with E-state index < -0.39 is 0 Å². The molecule has 2 atom stereocenters. The maximum Gasteiger partial charge on any atom is 0.233 e. The second-order valence-corrected chi connectivity index (χ2v) is 7.11. The predicted octanol–water partition coefficient (Wildman–Crippen LogP) is 3.49. The molecule has 0 saturated carbocycles. The molecule has 1 N–H and O–H groups in total. The number of piperidine rings is 1. The standard InChI is InChI=1S/C17H21FN4OS/c1-11-6-5-7-12(2)22(11)15(23)10-24-17-19-16(20-21-17)13-8-3-4-9-14(13)18/h3-4,8-9,11-12H,5-7,10H2,1-2H3,(H,19,20,21)/t11-,12-/m0/s1. The molecule has 7 heteroatoms. The third-order valence-electron chi connectivity index (χ3n) is 4.40. The number of nitrogens with one attached hydrogen (secondary N) is 1. The SMILES string of the molecule is C[C@H]1CCC[C@H](C)N1C(=O)CSc1n[nH]c(-c2ccccc2F)n1. The summed E-state index contributed by atoms with van der Waals surface area (Å²) in [5.74, 6) is 0.431. The van der Waals surface area contributed by atoms with Gasteiger partial charge in [0.05, 0.1) is 11.3 Å². The van der Waals surface area contributed by atoms with E-state index in [1.54, 1.807) is 18.2 Å². The first kappa shape index (κ1) is 17.0. The van der Waals surface area contributed by atoms with E-state index >= 15 is 0 Å². The van der Waals surface area contributed by atoms with Crippen LogP contribution in [-0.4, -0.2) is 43.8 Å². The number of H-pyrrole nitrogens is 1. The highest BCUT2D eigenvalue weighted by Gasteiger charge is 2.28. The topological polar surface area (TPSA) is 61.9 Å². The number of carbonyl (C=O) groups excluding carboxylic acids is 1. The number of nitrogens with zero attached hydrogens (tertiary/aromatic N) is 3. The second-order valence-electron chi connectivity index (χ2n) is 6.17. The maximum atomic E-state index is 13.8. The molecule has 0 aliphatic carbocycles. The first-order valence-corrected chi connectivity index (χ1v) is 9.16. The summed E-state index contributed by atoms with van der Waals surface area (Å²) in [6, 6.07) is 6.96. The van der Waals surface area contributed by atoms with Gasteiger partial charge in [0.1, 0.15) is 5.82 Å². The summed E-state index contributed by atoms with van der Waals surface area (Å²) in [6.45, 7) is 4.20. The molecule has 1 aromatic carbocycles. The van der Waals surface area contributed by atoms with Crippen LogP contribution in [0.4, 0.5) is 4.39 Å². The van der Waals surface area contributed by atoms with E-state index in [-0.39, 0.29) is 23.8 Å². The number of amides is 1. The van der Waals surface area contributed by atoms with Gasteiger partial charge in [-0.2, -0.15) is 0 Å². The van der Waals surface area contributed by atoms with Crippen LogP contribution in [-0.2, 0) is 4.79 Å². The summed E-state index contributed by atoms with van der Waals surface area (Å²) in [5, 5.41) is 7.27. The number of likely N-dealkylation sites (tertiary alicyclic amines) is 1. The Morgan fingerprint density at radius 2 is 2.04 bits per heavy atom. The monoisotopic (exact) mass is 348 g/mol. The number of aromatic amines is 1. The molecule has 1 fully saturated rings. The lowest BCUT2D eigenvalue weighted by atomic mass is 9.98. The van der Waals surface area contributed by atoms with Crippen molar-refractivity contribution in [2.75, 3.05) is 5.75 Å². The number of halogens is 1. The zero-order valence-electron chi connectivity index (χ0n) is 13.8. The van der Waals surface area contributed by atoms with E-state index in [0.29, 0.717) is 22.3 Å². The van der Waals surface area contributed by atoms with Crippen LogP contribution >= 0.6 is 11.8 Å². The van der Waals surface area contributed by atoms with Crippen molar-refractivity contribution in [1.82, 2.24) is 20.1 Å². The summed E-state index contributed by atoms with van der Waals surface area (Å²) >= 11 is 1.28. The van der Waals surface area contributed by atoms with Gasteiger partial charge in [-0.25, -0.2) is 9.37 Å². The number of carbonyl (C=O) groups is 1. The van der Waals surface area contributed by atoms with Gasteiger partial charge in [-0.15, -0.1) is 5.10 Å². The zero-order valence-corrected chi connectivity index (χ0v) is 14.6. The van der Waals surface area contributed by atoms with Gasteiger partial charge < -0.3 is 4.90 Å². The van der Waals surface area contributed by atoms with Crippen LogP contribution in [0, 0.1) is 5.82 Å². The summed E-state index contributed by atoms with van der Waals surface area (Å²) < 4.78 is 13.8. The van der Waals surface area contributed by atoms with Gasteiger partial charge in [-0.05, 0) is 45.2 Å². The van der Waals surface area contributed by atoms with Crippen molar-refractivity contribution < 1.29 is 9.18 Å². The second kappa shape index (κ2) is 7.34. The molecule has 0 radical (unpaired) electrons. The molecule has 1 aliphatic heterocycles. The van der Waals surface area contributed by atoms with E-state index in [4.69, 9.17) is 0 Å². The van der Waals surface area contributed by atoms with Crippen molar-refractivity contribution in [2.24, 2.45) is 0 Å². The average Bonchev–Trinajstić information content (AvgIpc) is 3.02. The Balaban J connectivity index is 1.63. The highest BCUT2D eigenvalue weighted by Crippen LogP contribution is 2.25. The number of hydrogen-bond acceptors (Lipinski definition) is 4. The molecule has 3 rings (SSSR count). The zero-order chi connectivity index (χ0) is 17.1. The first-order chi connectivity index (χ1) is 11.6. The third-order valence-corrected chi connectivity index (χ3v) is 5.23. The van der Waals surface area contributed by atoms with E-state index in [2.05, 4.69) is 29.0 Å². The first-order valence-electron chi connectivity index (χ1n) is 8.17. The Morgan fingerprint density at radius 3 is 2.75 bits per heavy atom. The van der Waals surface area contributed by atoms with E-state index in [9.17, 15) is 9.18 Å². The Labute approximate surface area is 145 Å². The average molecular weight is 348 g/mol. The lowest BCUT2D eigenvalue weighted by molar-refractivity contribution is -0.134. The molecular formula is C17H21FN4OS. The van der Waals surface area contributed by atoms with Crippen LogP contribution in [0.25, 0.3) is 11.4 Å². The summed E-state index contributed by atoms with van der Waals surface area (Å²) in [6.07, 6.45) is 3.28. The molecular weight excluding hydrogens is 327 g/mol. The highest BCUT2D eigenvalue weighted by molar-refractivity contribution is 7.99. The number of thioether (sulfide) groups is 1. The summed E-state index contributed by atoms with van der Waals surface area (Å²) in [5.41, 5.74) is 0.376. The van der Waals surface area contributed by atoms with Gasteiger partial charge in [0, 0.05) is 12.1 Å². The van der Waals surface area contributed by atoms with Gasteiger partial charge in [0.2, 0.25) is 11.1 Å². The number of rotatable bonds is 4. The third kappa shape index (κ3) is 3.61. The number of hydrogen-bond donors (Lipinski definition) is 1. The van der Waals surface area contributed by atoms with E-state index in [1.165, 1.54) is 24.2 Å². The Hall–Kier alpha value is -1.89. The summed E-state index contributed by atoms with van der Waals surface area (Å²) in [7, 11) is 0. The van der Waals surface area contributed by atoms with Gasteiger partial charge in [-0.3, -0.25) is 9.89 Å². The lowest BCUT2D eigenvalue weighted by Gasteiger charge is -2.39. The van der Waals surface area contributed by atoms with E-state index in [1.807, 2.05) is 4.90 Å². The van der Waals surface area contributed by atoms with Gasteiger partial charge >= 0.3 is 0 Å². The van der Waals surface area contributed by atoms with Crippen molar-refractivity contribution >= 4 is 17.7 Å². The molecule has 5 nitrogen and oxygen atoms in total. The van der Waals surface area contributed by atoms with Gasteiger partial charge in [0.25, 0.3) is 0 Å². The molecule has 128 valence electrons. The van der Waals surface area contributed by atoms with Crippen LogP contribution in [0.2, 0.25) is 0 Å². The smallest absolute Gasteiger partial charge is 0.233 e. The molecule has 0 bridgehead atoms. The normalized spacial score (nSPS) is 21.0. The minimum absolute atomic E-state index is 0.108. The van der Waals surface area contributed by atoms with Gasteiger partial charge in [-0.1, -0.05) is 23.9 Å². The van der Waals surface area contributed by atoms with Crippen LogP contribution in [0.3, 0.4) is 0 Å². The van der Waals surface area contributed by atoms with Crippen molar-refractivity contribution in [3.63, 3.8) is 0 Å². The predicted molar refractivity (Wildman–Crippen MR) is 92.1 cm³/mol. The van der Waals surface area contributed by atoms with Crippen LogP contribution in [0.5, 0.6) is 0 Å². The minimum Gasteiger partial charge on any atom is -0.337 e. The maximum absolute atomic E-state index is 13.8. The number of benzene rings is 1. The minimum atomic E-state index is -0.350. The fourth-order valence-electron chi connectivity index (χ4n) is 3.20. The quantitative estimate of drug-likeness (QED) is 0.859. The van der Waals surface area contributed by atoms with Crippen LogP contribution in [0.1, 0.15) is 33.1 Å². The van der Waals surface area contributed by atoms with E-state index in [0.717, 1.165) is 12.8 Å². The molecule has 0 spiro atoms. The largest absolute Gasteiger partial charge is 0.337 e.